The summed E-state index contributed by atoms with van der Waals surface area (Å²) in [5, 5.41) is 7.03. The third-order valence-electron chi connectivity index (χ3n) is 3.06. The van der Waals surface area contributed by atoms with Crippen molar-refractivity contribution in [1.82, 2.24) is 15.2 Å². The van der Waals surface area contributed by atoms with E-state index in [4.69, 9.17) is 9.47 Å². The number of benzene rings is 1. The molecule has 1 N–H and O–H groups in total. The van der Waals surface area contributed by atoms with Crippen LogP contribution in [0, 0.1) is 0 Å². The Morgan fingerprint density at radius 2 is 2.08 bits per heavy atom. The van der Waals surface area contributed by atoms with Crippen molar-refractivity contribution in [1.29, 1.82) is 0 Å². The molecule has 0 spiro atoms. The van der Waals surface area contributed by atoms with Crippen molar-refractivity contribution in [3.05, 3.63) is 41.7 Å². The van der Waals surface area contributed by atoms with Crippen molar-refractivity contribution in [2.75, 3.05) is 14.2 Å². The van der Waals surface area contributed by atoms with Crippen LogP contribution in [0.3, 0.4) is 0 Å². The summed E-state index contributed by atoms with van der Waals surface area (Å²) in [5.74, 6) is 0.300. The van der Waals surface area contributed by atoms with Crippen LogP contribution in [0.1, 0.15) is 11.3 Å². The van der Waals surface area contributed by atoms with Crippen molar-refractivity contribution in [3.63, 3.8) is 0 Å². The highest BCUT2D eigenvalue weighted by Crippen LogP contribution is 2.29. The Bertz CT molecular complexity index is 772. The standard InChI is InChI=1S/C15H15F3N4O3/c1-24-11-5-3-4-10(14(11)25-2)8-19-20-13(23)9-22-7-6-12(21-22)15(16,17)18/h3-8H,9H2,1-2H3,(H,20,23). The van der Waals surface area contributed by atoms with E-state index >= 15 is 0 Å². The second-order valence-corrected chi connectivity index (χ2v) is 4.77. The lowest BCUT2D eigenvalue weighted by atomic mass is 10.2. The van der Waals surface area contributed by atoms with Crippen LogP contribution in [0.15, 0.2) is 35.6 Å². The average molecular weight is 356 g/mol. The Morgan fingerprint density at radius 1 is 1.32 bits per heavy atom. The second-order valence-electron chi connectivity index (χ2n) is 4.77. The smallest absolute Gasteiger partial charge is 0.435 e. The number of hydrogen-bond donors (Lipinski definition) is 1. The molecule has 2 aromatic rings. The Labute approximate surface area is 141 Å². The first-order chi connectivity index (χ1) is 11.8. The molecule has 0 saturated heterocycles. The second kappa shape index (κ2) is 7.69. The molecule has 0 aliphatic carbocycles. The third kappa shape index (κ3) is 4.72. The predicted molar refractivity (Wildman–Crippen MR) is 82.5 cm³/mol. The number of amides is 1. The van der Waals surface area contributed by atoms with Crippen molar-refractivity contribution in [2.45, 2.75) is 12.7 Å². The molecule has 0 fully saturated rings. The van der Waals surface area contributed by atoms with E-state index in [0.29, 0.717) is 17.1 Å². The molecule has 0 saturated carbocycles. The minimum absolute atomic E-state index is 0.400. The molecule has 2 rings (SSSR count). The fourth-order valence-electron chi connectivity index (χ4n) is 1.97. The van der Waals surface area contributed by atoms with Crippen molar-refractivity contribution < 1.29 is 27.4 Å². The van der Waals surface area contributed by atoms with Gasteiger partial charge in [0.05, 0.1) is 20.4 Å². The summed E-state index contributed by atoms with van der Waals surface area (Å²) in [6, 6.07) is 5.90. The molecule has 0 bridgehead atoms. The number of aromatic nitrogens is 2. The number of rotatable bonds is 6. The Morgan fingerprint density at radius 3 is 2.68 bits per heavy atom. The summed E-state index contributed by atoms with van der Waals surface area (Å²) in [5.41, 5.74) is 1.70. The van der Waals surface area contributed by atoms with Gasteiger partial charge in [0, 0.05) is 11.8 Å². The Hall–Kier alpha value is -3.04. The molecule has 10 heteroatoms. The van der Waals surface area contributed by atoms with Gasteiger partial charge in [0.25, 0.3) is 5.91 Å². The van der Waals surface area contributed by atoms with E-state index in [1.807, 2.05) is 0 Å². The minimum Gasteiger partial charge on any atom is -0.493 e. The molecule has 25 heavy (non-hydrogen) atoms. The topological polar surface area (TPSA) is 77.7 Å². The van der Waals surface area contributed by atoms with Gasteiger partial charge in [0.15, 0.2) is 17.2 Å². The van der Waals surface area contributed by atoms with Gasteiger partial charge in [-0.25, -0.2) is 5.43 Å². The largest absolute Gasteiger partial charge is 0.493 e. The molecule has 0 atom stereocenters. The van der Waals surface area contributed by atoms with Crippen LogP contribution in [0.25, 0.3) is 0 Å². The van der Waals surface area contributed by atoms with Crippen molar-refractivity contribution in [3.8, 4) is 11.5 Å². The van der Waals surface area contributed by atoms with Gasteiger partial charge in [-0.3, -0.25) is 9.48 Å². The van der Waals surface area contributed by atoms with Crippen LogP contribution in [-0.4, -0.2) is 36.1 Å². The van der Waals surface area contributed by atoms with Gasteiger partial charge < -0.3 is 9.47 Å². The van der Waals surface area contributed by atoms with Crippen LogP contribution < -0.4 is 14.9 Å². The van der Waals surface area contributed by atoms with Gasteiger partial charge in [0.1, 0.15) is 6.54 Å². The lowest BCUT2D eigenvalue weighted by molar-refractivity contribution is -0.141. The Kier molecular flexibility index (Phi) is 5.63. The van der Waals surface area contributed by atoms with Gasteiger partial charge in [-0.05, 0) is 18.2 Å². The van der Waals surface area contributed by atoms with Gasteiger partial charge >= 0.3 is 6.18 Å². The Balaban J connectivity index is 1.98. The maximum Gasteiger partial charge on any atom is 0.435 e. The highest BCUT2D eigenvalue weighted by atomic mass is 19.4. The first-order valence-electron chi connectivity index (χ1n) is 6.98. The minimum atomic E-state index is -4.55. The van der Waals surface area contributed by atoms with E-state index < -0.39 is 24.3 Å². The van der Waals surface area contributed by atoms with E-state index in [-0.39, 0.29) is 0 Å². The van der Waals surface area contributed by atoms with Crippen LogP contribution in [-0.2, 0) is 17.5 Å². The number of carbonyl (C=O) groups excluding carboxylic acids is 1. The lowest BCUT2D eigenvalue weighted by Crippen LogP contribution is -2.23. The third-order valence-corrected chi connectivity index (χ3v) is 3.06. The lowest BCUT2D eigenvalue weighted by Gasteiger charge is -2.09. The van der Waals surface area contributed by atoms with E-state index in [0.717, 1.165) is 16.9 Å². The molecular formula is C15H15F3N4O3. The monoisotopic (exact) mass is 356 g/mol. The summed E-state index contributed by atoms with van der Waals surface area (Å²) in [6.45, 7) is -0.400. The van der Waals surface area contributed by atoms with E-state index in [2.05, 4.69) is 15.6 Å². The number of nitrogens with one attached hydrogen (secondary N) is 1. The molecule has 0 radical (unpaired) electrons. The van der Waals surface area contributed by atoms with Crippen molar-refractivity contribution >= 4 is 12.1 Å². The maximum atomic E-state index is 12.4. The number of hydrogen-bond acceptors (Lipinski definition) is 5. The van der Waals surface area contributed by atoms with Crippen LogP contribution >= 0.6 is 0 Å². The summed E-state index contributed by atoms with van der Waals surface area (Å²) in [7, 11) is 2.95. The number of ether oxygens (including phenoxy) is 2. The fourth-order valence-corrected chi connectivity index (χ4v) is 1.97. The van der Waals surface area contributed by atoms with Crippen molar-refractivity contribution in [2.24, 2.45) is 5.10 Å². The van der Waals surface area contributed by atoms with E-state index in [1.54, 1.807) is 18.2 Å². The highest BCUT2D eigenvalue weighted by Gasteiger charge is 2.33. The molecule has 0 aliphatic heterocycles. The average Bonchev–Trinajstić information content (AvgIpc) is 3.03. The molecule has 0 unspecified atom stereocenters. The number of halogens is 3. The molecular weight excluding hydrogens is 341 g/mol. The number of methoxy groups -OCH3 is 2. The van der Waals surface area contributed by atoms with Gasteiger partial charge in [-0.1, -0.05) is 6.07 Å². The van der Waals surface area contributed by atoms with Crippen LogP contribution in [0.2, 0.25) is 0 Å². The van der Waals surface area contributed by atoms with Crippen LogP contribution in [0.5, 0.6) is 11.5 Å². The summed E-state index contributed by atoms with van der Waals surface area (Å²) in [4.78, 5) is 11.7. The first kappa shape index (κ1) is 18.3. The molecule has 0 aliphatic rings. The zero-order valence-electron chi connectivity index (χ0n) is 13.4. The molecule has 134 valence electrons. The summed E-state index contributed by atoms with van der Waals surface area (Å²) < 4.78 is 48.5. The number of alkyl halides is 3. The molecule has 1 aromatic heterocycles. The van der Waals surface area contributed by atoms with Gasteiger partial charge in [-0.2, -0.15) is 23.4 Å². The van der Waals surface area contributed by atoms with Crippen LogP contribution in [0.4, 0.5) is 13.2 Å². The van der Waals surface area contributed by atoms with Gasteiger partial charge in [0.2, 0.25) is 0 Å². The predicted octanol–water partition coefficient (Wildman–Crippen LogP) is 2.07. The number of carbonyl (C=O) groups is 1. The number of para-hydroxylation sites is 1. The molecule has 1 aromatic carbocycles. The molecule has 1 amide bonds. The number of nitrogens with zero attached hydrogens (tertiary/aromatic N) is 3. The van der Waals surface area contributed by atoms with E-state index in [1.165, 1.54) is 20.4 Å². The number of hydrazone groups is 1. The molecule has 7 nitrogen and oxygen atoms in total. The van der Waals surface area contributed by atoms with Gasteiger partial charge in [-0.15, -0.1) is 0 Å². The summed E-state index contributed by atoms with van der Waals surface area (Å²) >= 11 is 0. The van der Waals surface area contributed by atoms with E-state index in [9.17, 15) is 18.0 Å². The normalized spacial score (nSPS) is 11.6. The zero-order valence-corrected chi connectivity index (χ0v) is 13.4. The first-order valence-corrected chi connectivity index (χ1v) is 6.98. The fraction of sp³-hybridized carbons (Fsp3) is 0.267. The highest BCUT2D eigenvalue weighted by molar-refractivity contribution is 5.86. The summed E-state index contributed by atoms with van der Waals surface area (Å²) in [6.07, 6.45) is -2.15. The SMILES string of the molecule is COc1cccc(C=NNC(=O)Cn2ccc(C(F)(F)F)n2)c1OC. The quantitative estimate of drug-likeness (QED) is 0.635. The molecule has 1 heterocycles. The zero-order chi connectivity index (χ0) is 18.4. The maximum absolute atomic E-state index is 12.4.